The third-order valence-corrected chi connectivity index (χ3v) is 6.79. The van der Waals surface area contributed by atoms with E-state index in [1.165, 1.54) is 6.07 Å². The van der Waals surface area contributed by atoms with Crippen LogP contribution in [-0.2, 0) is 10.0 Å². The number of aryl methyl sites for hydroxylation is 2. The number of carbonyl (C=O) groups is 2. The highest BCUT2D eigenvalue weighted by atomic mass is 32.2. The predicted molar refractivity (Wildman–Crippen MR) is 111 cm³/mol. The Labute approximate surface area is 170 Å². The van der Waals surface area contributed by atoms with Gasteiger partial charge in [-0.2, -0.15) is 0 Å². The van der Waals surface area contributed by atoms with Crippen molar-refractivity contribution in [1.82, 2.24) is 4.90 Å². The molecule has 1 aliphatic heterocycles. The summed E-state index contributed by atoms with van der Waals surface area (Å²) in [6, 6.07) is 11.8. The van der Waals surface area contributed by atoms with Gasteiger partial charge in [-0.15, -0.1) is 0 Å². The van der Waals surface area contributed by atoms with E-state index in [4.69, 9.17) is 0 Å². The number of nitrogens with zero attached hydrogens (tertiary/aromatic N) is 1. The molecule has 150 valence electrons. The Bertz CT molecular complexity index is 1160. The van der Waals surface area contributed by atoms with E-state index in [9.17, 15) is 18.0 Å². The molecule has 0 spiro atoms. The molecule has 1 heterocycles. The van der Waals surface area contributed by atoms with Crippen LogP contribution in [0.2, 0.25) is 0 Å². The number of hydrogen-bond acceptors (Lipinski definition) is 5. The molecule has 0 saturated carbocycles. The van der Waals surface area contributed by atoms with Crippen molar-refractivity contribution in [2.75, 3.05) is 17.8 Å². The summed E-state index contributed by atoms with van der Waals surface area (Å²) in [5.74, 6) is -1.05. The number of sulfonamides is 1. The molecule has 29 heavy (non-hydrogen) atoms. The Balaban J connectivity index is 1.89. The second-order valence-electron chi connectivity index (χ2n) is 7.50. The number of nitrogens with one attached hydrogen (secondary N) is 1. The summed E-state index contributed by atoms with van der Waals surface area (Å²) in [6.45, 7) is 4.76. The average Bonchev–Trinajstić information content (AvgIpc) is 3.21. The minimum Gasteiger partial charge on any atom is -0.367 e. The first-order valence-electron chi connectivity index (χ1n) is 9.57. The van der Waals surface area contributed by atoms with Gasteiger partial charge in [0, 0.05) is 24.2 Å². The fourth-order valence-corrected chi connectivity index (χ4v) is 5.30. The minimum absolute atomic E-state index is 0.0102. The minimum atomic E-state index is -4.27. The lowest BCUT2D eigenvalue weighted by molar-refractivity contribution is 0.0953. The zero-order valence-electron chi connectivity index (χ0n) is 16.4. The van der Waals surface area contributed by atoms with Crippen LogP contribution in [0.4, 0.5) is 5.69 Å². The van der Waals surface area contributed by atoms with Crippen LogP contribution in [-0.4, -0.2) is 38.0 Å². The number of ketones is 2. The molecule has 6 nitrogen and oxygen atoms in total. The van der Waals surface area contributed by atoms with Gasteiger partial charge in [0.25, 0.3) is 10.0 Å². The topological polar surface area (TPSA) is 83.6 Å². The van der Waals surface area contributed by atoms with Crippen molar-refractivity contribution in [3.63, 3.8) is 0 Å². The molecule has 0 atom stereocenters. The van der Waals surface area contributed by atoms with E-state index in [1.54, 1.807) is 36.1 Å². The molecule has 2 aromatic carbocycles. The van der Waals surface area contributed by atoms with Crippen molar-refractivity contribution >= 4 is 27.3 Å². The average molecular weight is 410 g/mol. The molecule has 2 aromatic rings. The van der Waals surface area contributed by atoms with Gasteiger partial charge in [-0.05, 0) is 43.9 Å². The van der Waals surface area contributed by atoms with Crippen LogP contribution in [0, 0.1) is 13.8 Å². The molecule has 0 amide bonds. The SMILES string of the molecule is Cc1ccc(C)c(NS(=O)(=O)C2=C(N3CCCC3)C(=O)c3ccccc3C2=O)c1. The van der Waals surface area contributed by atoms with Crippen LogP contribution in [0.15, 0.2) is 53.1 Å². The first-order chi connectivity index (χ1) is 13.8. The Hall–Kier alpha value is -2.93. The van der Waals surface area contributed by atoms with Gasteiger partial charge in [0.1, 0.15) is 5.70 Å². The van der Waals surface area contributed by atoms with Gasteiger partial charge >= 0.3 is 0 Å². The van der Waals surface area contributed by atoms with E-state index in [1.807, 2.05) is 19.1 Å². The maximum absolute atomic E-state index is 13.4. The Morgan fingerprint density at radius 3 is 2.17 bits per heavy atom. The van der Waals surface area contributed by atoms with Gasteiger partial charge in [-0.1, -0.05) is 36.4 Å². The summed E-state index contributed by atoms with van der Waals surface area (Å²) < 4.78 is 29.3. The van der Waals surface area contributed by atoms with Crippen molar-refractivity contribution in [3.8, 4) is 0 Å². The third-order valence-electron chi connectivity index (χ3n) is 5.38. The quantitative estimate of drug-likeness (QED) is 0.835. The molecule has 1 aliphatic carbocycles. The smallest absolute Gasteiger partial charge is 0.268 e. The van der Waals surface area contributed by atoms with Crippen LogP contribution in [0.5, 0.6) is 0 Å². The fraction of sp³-hybridized carbons (Fsp3) is 0.273. The summed E-state index contributed by atoms with van der Waals surface area (Å²) in [5, 5.41) is 0. The van der Waals surface area contributed by atoms with Crippen molar-refractivity contribution in [2.24, 2.45) is 0 Å². The van der Waals surface area contributed by atoms with E-state index in [0.717, 1.165) is 24.0 Å². The molecule has 7 heteroatoms. The van der Waals surface area contributed by atoms with Gasteiger partial charge in [0.15, 0.2) is 4.91 Å². The highest BCUT2D eigenvalue weighted by Crippen LogP contribution is 2.34. The Morgan fingerprint density at radius 2 is 1.52 bits per heavy atom. The molecule has 1 N–H and O–H groups in total. The second-order valence-corrected chi connectivity index (χ2v) is 9.12. The monoisotopic (exact) mass is 410 g/mol. The van der Waals surface area contributed by atoms with Gasteiger partial charge in [-0.25, -0.2) is 8.42 Å². The summed E-state index contributed by atoms with van der Waals surface area (Å²) >= 11 is 0. The lowest BCUT2D eigenvalue weighted by Crippen LogP contribution is -2.36. The van der Waals surface area contributed by atoms with Gasteiger partial charge in [0.05, 0.1) is 5.69 Å². The van der Waals surface area contributed by atoms with Crippen LogP contribution in [0.25, 0.3) is 0 Å². The first kappa shape index (κ1) is 19.4. The number of allylic oxidation sites excluding steroid dienone is 2. The maximum atomic E-state index is 13.4. The van der Waals surface area contributed by atoms with Crippen molar-refractivity contribution in [2.45, 2.75) is 26.7 Å². The highest BCUT2D eigenvalue weighted by molar-refractivity contribution is 7.97. The van der Waals surface area contributed by atoms with Gasteiger partial charge in [0.2, 0.25) is 11.6 Å². The van der Waals surface area contributed by atoms with E-state index < -0.39 is 26.5 Å². The largest absolute Gasteiger partial charge is 0.367 e. The van der Waals surface area contributed by atoms with Gasteiger partial charge in [-0.3, -0.25) is 14.3 Å². The number of fused-ring (bicyclic) bond motifs is 1. The van der Waals surface area contributed by atoms with Crippen LogP contribution < -0.4 is 4.72 Å². The number of likely N-dealkylation sites (tertiary alicyclic amines) is 1. The molecular weight excluding hydrogens is 388 g/mol. The van der Waals surface area contributed by atoms with Crippen LogP contribution in [0.3, 0.4) is 0 Å². The normalized spacial score (nSPS) is 17.0. The van der Waals surface area contributed by atoms with Gasteiger partial charge < -0.3 is 4.90 Å². The molecule has 1 fully saturated rings. The molecule has 4 rings (SSSR count). The number of anilines is 1. The second kappa shape index (κ2) is 7.15. The standard InChI is InChI=1S/C22H22N2O4S/c1-14-9-10-15(2)18(13-14)23-29(27,28)22-19(24-11-5-6-12-24)20(25)16-7-3-4-8-17(16)21(22)26/h3-4,7-10,13,23H,5-6,11-12H2,1-2H3. The molecule has 0 aromatic heterocycles. The van der Waals surface area contributed by atoms with E-state index >= 15 is 0 Å². The molecule has 0 unspecified atom stereocenters. The molecule has 2 aliphatic rings. The fourth-order valence-electron chi connectivity index (χ4n) is 3.86. The van der Waals surface area contributed by atoms with E-state index in [-0.39, 0.29) is 16.8 Å². The molecule has 0 bridgehead atoms. The third kappa shape index (κ3) is 3.35. The number of carbonyl (C=O) groups excluding carboxylic acids is 2. The summed E-state index contributed by atoms with van der Waals surface area (Å²) in [4.78, 5) is 27.8. The Morgan fingerprint density at radius 1 is 0.897 bits per heavy atom. The summed E-state index contributed by atoms with van der Waals surface area (Å²) in [6.07, 6.45) is 1.70. The van der Waals surface area contributed by atoms with Crippen LogP contribution >= 0.6 is 0 Å². The summed E-state index contributed by atoms with van der Waals surface area (Å²) in [5.41, 5.74) is 2.39. The molecule has 0 radical (unpaired) electrons. The zero-order valence-corrected chi connectivity index (χ0v) is 17.2. The van der Waals surface area contributed by atoms with Crippen molar-refractivity contribution in [3.05, 3.63) is 75.3 Å². The molecular formula is C22H22N2O4S. The predicted octanol–water partition coefficient (Wildman–Crippen LogP) is 3.43. The lowest BCUT2D eigenvalue weighted by atomic mass is 9.92. The number of Topliss-reactive ketones (excluding diaryl/α,β-unsaturated/α-hetero) is 2. The zero-order chi connectivity index (χ0) is 20.8. The van der Waals surface area contributed by atoms with E-state index in [0.29, 0.717) is 18.8 Å². The van der Waals surface area contributed by atoms with Crippen molar-refractivity contribution in [1.29, 1.82) is 0 Å². The maximum Gasteiger partial charge on any atom is 0.268 e. The number of benzene rings is 2. The number of hydrogen-bond donors (Lipinski definition) is 1. The lowest BCUT2D eigenvalue weighted by Gasteiger charge is -2.28. The highest BCUT2D eigenvalue weighted by Gasteiger charge is 2.42. The molecule has 1 saturated heterocycles. The first-order valence-corrected chi connectivity index (χ1v) is 11.1. The number of rotatable bonds is 4. The summed E-state index contributed by atoms with van der Waals surface area (Å²) in [7, 11) is -4.27. The van der Waals surface area contributed by atoms with Crippen molar-refractivity contribution < 1.29 is 18.0 Å². The van der Waals surface area contributed by atoms with Crippen LogP contribution in [0.1, 0.15) is 44.7 Å². The van der Waals surface area contributed by atoms with E-state index in [2.05, 4.69) is 4.72 Å². The Kier molecular flexibility index (Phi) is 4.78.